The molecule has 3 aromatic rings. The van der Waals surface area contributed by atoms with Crippen LogP contribution in [-0.4, -0.2) is 32.6 Å². The Kier molecular flexibility index (Phi) is 5.30. The van der Waals surface area contributed by atoms with Crippen molar-refractivity contribution in [3.63, 3.8) is 0 Å². The third-order valence-corrected chi connectivity index (χ3v) is 3.59. The van der Waals surface area contributed by atoms with E-state index in [-0.39, 0.29) is 6.61 Å². The number of rotatable bonds is 7. The normalized spacial score (nSPS) is 12.0. The predicted octanol–water partition coefficient (Wildman–Crippen LogP) is 3.13. The summed E-state index contributed by atoms with van der Waals surface area (Å²) < 4.78 is 13.0. The Hall–Kier alpha value is -2.86. The van der Waals surface area contributed by atoms with Crippen LogP contribution in [0.5, 0.6) is 17.2 Å². The van der Waals surface area contributed by atoms with Gasteiger partial charge in [0.05, 0.1) is 6.54 Å². The number of para-hydroxylation sites is 1. The molecule has 0 aliphatic carbocycles. The van der Waals surface area contributed by atoms with Crippen LogP contribution >= 0.6 is 0 Å². The highest BCUT2D eigenvalue weighted by Crippen LogP contribution is 2.23. The van der Waals surface area contributed by atoms with Gasteiger partial charge >= 0.3 is 0 Å². The summed E-state index contributed by atoms with van der Waals surface area (Å²) in [5.41, 5.74) is 0. The van der Waals surface area contributed by atoms with Gasteiger partial charge in [-0.15, -0.1) is 0 Å². The standard InChI is InChI=1S/C19H21N3O3/c1-14-20-15(2)22(21-14)12-16(23)13-24-17-8-10-19(11-9-17)25-18-6-4-3-5-7-18/h3-11,16,23H,12-13H2,1-2H3. The first-order valence-electron chi connectivity index (χ1n) is 8.12. The lowest BCUT2D eigenvalue weighted by Gasteiger charge is -2.13. The van der Waals surface area contributed by atoms with E-state index in [1.807, 2.05) is 68.4 Å². The van der Waals surface area contributed by atoms with Crippen molar-refractivity contribution in [3.8, 4) is 17.2 Å². The van der Waals surface area contributed by atoms with E-state index >= 15 is 0 Å². The Morgan fingerprint density at radius 1 is 0.960 bits per heavy atom. The summed E-state index contributed by atoms with van der Waals surface area (Å²) in [6, 6.07) is 16.9. The zero-order chi connectivity index (χ0) is 17.6. The van der Waals surface area contributed by atoms with E-state index in [4.69, 9.17) is 9.47 Å². The molecule has 0 radical (unpaired) electrons. The Morgan fingerprint density at radius 3 is 2.24 bits per heavy atom. The molecule has 0 saturated carbocycles. The maximum atomic E-state index is 10.1. The summed E-state index contributed by atoms with van der Waals surface area (Å²) in [7, 11) is 0. The lowest BCUT2D eigenvalue weighted by atomic mass is 10.3. The summed E-state index contributed by atoms with van der Waals surface area (Å²) in [6.07, 6.45) is -0.667. The van der Waals surface area contributed by atoms with Crippen LogP contribution < -0.4 is 9.47 Å². The van der Waals surface area contributed by atoms with Gasteiger partial charge in [-0.05, 0) is 50.2 Å². The lowest BCUT2D eigenvalue weighted by Crippen LogP contribution is -2.24. The molecule has 0 aliphatic rings. The van der Waals surface area contributed by atoms with Crippen LogP contribution in [0, 0.1) is 13.8 Å². The van der Waals surface area contributed by atoms with Gasteiger partial charge in [0.2, 0.25) is 0 Å². The highest BCUT2D eigenvalue weighted by molar-refractivity contribution is 5.35. The van der Waals surface area contributed by atoms with Crippen molar-refractivity contribution < 1.29 is 14.6 Å². The van der Waals surface area contributed by atoms with Crippen LogP contribution in [0.2, 0.25) is 0 Å². The Labute approximate surface area is 146 Å². The number of hydrogen-bond acceptors (Lipinski definition) is 5. The fourth-order valence-electron chi connectivity index (χ4n) is 2.41. The number of nitrogens with zero attached hydrogens (tertiary/aromatic N) is 3. The van der Waals surface area contributed by atoms with Gasteiger partial charge in [0.25, 0.3) is 0 Å². The van der Waals surface area contributed by atoms with E-state index in [1.54, 1.807) is 4.68 Å². The first-order chi connectivity index (χ1) is 12.1. The molecule has 0 bridgehead atoms. The topological polar surface area (TPSA) is 69.4 Å². The van der Waals surface area contributed by atoms with Gasteiger partial charge in [0.15, 0.2) is 0 Å². The number of ether oxygens (including phenoxy) is 2. The van der Waals surface area contributed by atoms with E-state index in [1.165, 1.54) is 0 Å². The van der Waals surface area contributed by atoms with Crippen molar-refractivity contribution in [2.45, 2.75) is 26.5 Å². The van der Waals surface area contributed by atoms with E-state index in [9.17, 15) is 5.11 Å². The second kappa shape index (κ2) is 7.81. The van der Waals surface area contributed by atoms with E-state index in [0.29, 0.717) is 18.1 Å². The highest BCUT2D eigenvalue weighted by Gasteiger charge is 2.10. The smallest absolute Gasteiger partial charge is 0.147 e. The SMILES string of the molecule is Cc1nc(C)n(CC(O)COc2ccc(Oc3ccccc3)cc2)n1. The zero-order valence-electron chi connectivity index (χ0n) is 14.3. The van der Waals surface area contributed by atoms with Crippen LogP contribution in [0.15, 0.2) is 54.6 Å². The van der Waals surface area contributed by atoms with Crippen LogP contribution in [-0.2, 0) is 6.54 Å². The number of aliphatic hydroxyl groups is 1. The fraction of sp³-hybridized carbons (Fsp3) is 0.263. The van der Waals surface area contributed by atoms with Crippen LogP contribution in [0.4, 0.5) is 0 Å². The van der Waals surface area contributed by atoms with Crippen LogP contribution in [0.3, 0.4) is 0 Å². The van der Waals surface area contributed by atoms with Gasteiger partial charge in [-0.1, -0.05) is 18.2 Å². The first kappa shape index (κ1) is 17.0. The molecule has 3 rings (SSSR count). The van der Waals surface area contributed by atoms with Gasteiger partial charge in [-0.25, -0.2) is 9.67 Å². The monoisotopic (exact) mass is 339 g/mol. The minimum atomic E-state index is -0.667. The highest BCUT2D eigenvalue weighted by atomic mass is 16.5. The summed E-state index contributed by atoms with van der Waals surface area (Å²) in [6.45, 7) is 4.21. The Morgan fingerprint density at radius 2 is 1.60 bits per heavy atom. The molecular formula is C19H21N3O3. The number of benzene rings is 2. The number of hydrogen-bond donors (Lipinski definition) is 1. The first-order valence-corrected chi connectivity index (χ1v) is 8.12. The van der Waals surface area contributed by atoms with Crippen molar-refractivity contribution in [2.24, 2.45) is 0 Å². The van der Waals surface area contributed by atoms with Crippen molar-refractivity contribution in [2.75, 3.05) is 6.61 Å². The molecule has 6 heteroatoms. The number of aromatic nitrogens is 3. The molecule has 6 nitrogen and oxygen atoms in total. The van der Waals surface area contributed by atoms with Crippen molar-refractivity contribution in [1.29, 1.82) is 0 Å². The largest absolute Gasteiger partial charge is 0.491 e. The maximum Gasteiger partial charge on any atom is 0.147 e. The van der Waals surface area contributed by atoms with Gasteiger partial charge in [-0.3, -0.25) is 0 Å². The maximum absolute atomic E-state index is 10.1. The molecule has 1 unspecified atom stereocenters. The lowest BCUT2D eigenvalue weighted by molar-refractivity contribution is 0.0886. The third kappa shape index (κ3) is 4.81. The zero-order valence-corrected chi connectivity index (χ0v) is 14.3. The van der Waals surface area contributed by atoms with Gasteiger partial charge in [0.1, 0.15) is 41.6 Å². The molecule has 25 heavy (non-hydrogen) atoms. The second-order valence-corrected chi connectivity index (χ2v) is 5.74. The van der Waals surface area contributed by atoms with Gasteiger partial charge in [-0.2, -0.15) is 5.10 Å². The molecule has 1 aromatic heterocycles. The average molecular weight is 339 g/mol. The quantitative estimate of drug-likeness (QED) is 0.716. The summed E-state index contributed by atoms with van der Waals surface area (Å²) in [4.78, 5) is 4.21. The van der Waals surface area contributed by atoms with Gasteiger partial charge in [0, 0.05) is 0 Å². The summed E-state index contributed by atoms with van der Waals surface area (Å²) in [5.74, 6) is 3.66. The molecule has 0 aliphatic heterocycles. The third-order valence-electron chi connectivity index (χ3n) is 3.59. The van der Waals surface area contributed by atoms with Crippen LogP contribution in [0.1, 0.15) is 11.6 Å². The van der Waals surface area contributed by atoms with Gasteiger partial charge < -0.3 is 14.6 Å². The van der Waals surface area contributed by atoms with E-state index < -0.39 is 6.10 Å². The minimum absolute atomic E-state index is 0.178. The summed E-state index contributed by atoms with van der Waals surface area (Å²) in [5, 5.41) is 14.3. The number of aliphatic hydroxyl groups excluding tert-OH is 1. The van der Waals surface area contributed by atoms with Crippen molar-refractivity contribution in [3.05, 3.63) is 66.2 Å². The van der Waals surface area contributed by atoms with Crippen LogP contribution in [0.25, 0.3) is 0 Å². The molecule has 0 saturated heterocycles. The molecule has 1 N–H and O–H groups in total. The average Bonchev–Trinajstić information content (AvgIpc) is 2.92. The molecule has 2 aromatic carbocycles. The molecule has 0 fully saturated rings. The number of aryl methyl sites for hydroxylation is 2. The molecule has 1 heterocycles. The Bertz CT molecular complexity index is 801. The molecule has 130 valence electrons. The Balaban J connectivity index is 1.50. The predicted molar refractivity (Wildman–Crippen MR) is 94.0 cm³/mol. The fourth-order valence-corrected chi connectivity index (χ4v) is 2.41. The van der Waals surface area contributed by atoms with E-state index in [2.05, 4.69) is 10.1 Å². The van der Waals surface area contributed by atoms with E-state index in [0.717, 1.165) is 17.3 Å². The second-order valence-electron chi connectivity index (χ2n) is 5.74. The minimum Gasteiger partial charge on any atom is -0.491 e. The molecular weight excluding hydrogens is 318 g/mol. The molecule has 1 atom stereocenters. The molecule has 0 amide bonds. The van der Waals surface area contributed by atoms with Crippen molar-refractivity contribution in [1.82, 2.24) is 14.8 Å². The molecule has 0 spiro atoms. The summed E-state index contributed by atoms with van der Waals surface area (Å²) >= 11 is 0. The van der Waals surface area contributed by atoms with Crippen molar-refractivity contribution >= 4 is 0 Å².